The van der Waals surface area contributed by atoms with Crippen molar-refractivity contribution in [3.8, 4) is 0 Å². The van der Waals surface area contributed by atoms with Gasteiger partial charge in [0.1, 0.15) is 0 Å². The molecule has 6 nitrogen and oxygen atoms in total. The summed E-state index contributed by atoms with van der Waals surface area (Å²) in [5.41, 5.74) is 4.32. The Bertz CT molecular complexity index is 851. The lowest BCUT2D eigenvalue weighted by atomic mass is 9.92. The van der Waals surface area contributed by atoms with Gasteiger partial charge in [-0.05, 0) is 68.0 Å². The van der Waals surface area contributed by atoms with Gasteiger partial charge in [0.25, 0.3) is 5.91 Å². The van der Waals surface area contributed by atoms with Crippen LogP contribution in [0.1, 0.15) is 40.0 Å². The highest BCUT2D eigenvalue weighted by Gasteiger charge is 2.19. The van der Waals surface area contributed by atoms with E-state index in [1.54, 1.807) is 12.3 Å². The molecule has 160 valence electrons. The lowest BCUT2D eigenvalue weighted by Crippen LogP contribution is -2.42. The van der Waals surface area contributed by atoms with Gasteiger partial charge in [-0.3, -0.25) is 14.7 Å². The number of benzene rings is 1. The second-order valence-corrected chi connectivity index (χ2v) is 8.55. The van der Waals surface area contributed by atoms with Crippen LogP contribution >= 0.6 is 0 Å². The van der Waals surface area contributed by atoms with Crippen LogP contribution in [-0.4, -0.2) is 59.7 Å². The molecule has 3 N–H and O–H groups in total. The van der Waals surface area contributed by atoms with Crippen molar-refractivity contribution in [1.82, 2.24) is 20.5 Å². The van der Waals surface area contributed by atoms with E-state index in [0.717, 1.165) is 57.6 Å². The zero-order valence-electron chi connectivity index (χ0n) is 17.5. The van der Waals surface area contributed by atoms with Crippen LogP contribution in [-0.2, 0) is 19.4 Å². The van der Waals surface area contributed by atoms with Gasteiger partial charge in [0.05, 0.1) is 6.10 Å². The molecule has 1 saturated heterocycles. The minimum absolute atomic E-state index is 0.146. The highest BCUT2D eigenvalue weighted by Crippen LogP contribution is 2.19. The predicted octanol–water partition coefficient (Wildman–Crippen LogP) is 1.77. The van der Waals surface area contributed by atoms with E-state index in [9.17, 15) is 9.90 Å². The van der Waals surface area contributed by atoms with Gasteiger partial charge < -0.3 is 15.7 Å². The van der Waals surface area contributed by atoms with Gasteiger partial charge in [-0.15, -0.1) is 0 Å². The number of carbonyl (C=O) groups excluding carboxylic acids is 1. The minimum Gasteiger partial charge on any atom is -0.390 e. The van der Waals surface area contributed by atoms with Gasteiger partial charge in [0, 0.05) is 43.6 Å². The summed E-state index contributed by atoms with van der Waals surface area (Å²) in [6.45, 7) is 4.73. The largest absolute Gasteiger partial charge is 0.390 e. The molecule has 0 radical (unpaired) electrons. The Balaban J connectivity index is 1.24. The molecule has 0 spiro atoms. The van der Waals surface area contributed by atoms with E-state index >= 15 is 0 Å². The number of aliphatic hydroxyl groups excluding tert-OH is 1. The Morgan fingerprint density at radius 1 is 1.23 bits per heavy atom. The summed E-state index contributed by atoms with van der Waals surface area (Å²) in [6.07, 6.45) is 5.37. The lowest BCUT2D eigenvalue weighted by Gasteiger charge is -2.30. The zero-order chi connectivity index (χ0) is 20.8. The zero-order valence-corrected chi connectivity index (χ0v) is 17.5. The number of carbonyl (C=O) groups is 1. The van der Waals surface area contributed by atoms with Crippen molar-refractivity contribution in [3.05, 3.63) is 65.0 Å². The lowest BCUT2D eigenvalue weighted by molar-refractivity contribution is 0.0841. The number of hydrogen-bond acceptors (Lipinski definition) is 5. The van der Waals surface area contributed by atoms with E-state index in [1.807, 2.05) is 6.07 Å². The molecule has 1 atom stereocenters. The van der Waals surface area contributed by atoms with Crippen LogP contribution in [0.5, 0.6) is 0 Å². The number of β-amino-alcohol motifs (C(OH)–C–C–N with tert-alkyl or cyclic N) is 1. The molecule has 1 aromatic carbocycles. The summed E-state index contributed by atoms with van der Waals surface area (Å²) in [5, 5.41) is 16.7. The number of nitrogens with one attached hydrogen (secondary N) is 2. The minimum atomic E-state index is -0.588. The molecule has 2 aliphatic heterocycles. The number of rotatable bonds is 7. The first-order valence-corrected chi connectivity index (χ1v) is 11.1. The second-order valence-electron chi connectivity index (χ2n) is 8.55. The van der Waals surface area contributed by atoms with Crippen LogP contribution in [0.3, 0.4) is 0 Å². The maximum absolute atomic E-state index is 12.6. The topological polar surface area (TPSA) is 77.5 Å². The molecule has 30 heavy (non-hydrogen) atoms. The maximum atomic E-state index is 12.6. The summed E-state index contributed by atoms with van der Waals surface area (Å²) >= 11 is 0. The fourth-order valence-corrected chi connectivity index (χ4v) is 4.50. The summed E-state index contributed by atoms with van der Waals surface area (Å²) < 4.78 is 0. The number of hydrogen-bond donors (Lipinski definition) is 3. The Labute approximate surface area is 178 Å². The third kappa shape index (κ3) is 5.65. The van der Waals surface area contributed by atoms with Crippen LogP contribution in [0.25, 0.3) is 0 Å². The van der Waals surface area contributed by atoms with E-state index in [-0.39, 0.29) is 12.5 Å². The fourth-order valence-electron chi connectivity index (χ4n) is 4.50. The first-order chi connectivity index (χ1) is 14.7. The van der Waals surface area contributed by atoms with E-state index in [2.05, 4.69) is 44.8 Å². The molecule has 0 aliphatic carbocycles. The maximum Gasteiger partial charge on any atom is 0.251 e. The number of aromatic nitrogens is 1. The third-order valence-corrected chi connectivity index (χ3v) is 6.21. The Hall–Kier alpha value is -2.28. The molecular weight excluding hydrogens is 376 g/mol. The van der Waals surface area contributed by atoms with Crippen LogP contribution in [0, 0.1) is 5.92 Å². The van der Waals surface area contributed by atoms with E-state index in [1.165, 1.54) is 11.1 Å². The van der Waals surface area contributed by atoms with Crippen molar-refractivity contribution in [1.29, 1.82) is 0 Å². The number of fused-ring (bicyclic) bond motifs is 1. The smallest absolute Gasteiger partial charge is 0.251 e. The van der Waals surface area contributed by atoms with Crippen LogP contribution < -0.4 is 10.6 Å². The van der Waals surface area contributed by atoms with Gasteiger partial charge in [-0.25, -0.2) is 0 Å². The van der Waals surface area contributed by atoms with Gasteiger partial charge in [-0.2, -0.15) is 0 Å². The molecule has 4 rings (SSSR count). The molecule has 1 fully saturated rings. The van der Waals surface area contributed by atoms with Crippen LogP contribution in [0.15, 0.2) is 42.6 Å². The highest BCUT2D eigenvalue weighted by molar-refractivity contribution is 5.94. The average molecular weight is 409 g/mol. The Morgan fingerprint density at radius 2 is 2.03 bits per heavy atom. The molecule has 2 aliphatic rings. The molecule has 1 amide bonds. The average Bonchev–Trinajstić information content (AvgIpc) is 2.78. The van der Waals surface area contributed by atoms with Crippen molar-refractivity contribution in [2.24, 2.45) is 5.92 Å². The number of pyridine rings is 1. The fraction of sp³-hybridized carbons (Fsp3) is 0.500. The summed E-state index contributed by atoms with van der Waals surface area (Å²) in [7, 11) is 0. The van der Waals surface area contributed by atoms with Crippen molar-refractivity contribution in [2.75, 3.05) is 32.7 Å². The molecule has 6 heteroatoms. The van der Waals surface area contributed by atoms with Gasteiger partial charge in [0.15, 0.2) is 0 Å². The highest BCUT2D eigenvalue weighted by atomic mass is 16.3. The number of nitrogens with zero attached hydrogens (tertiary/aromatic N) is 2. The number of piperidine rings is 1. The Kier molecular flexibility index (Phi) is 7.10. The quantitative estimate of drug-likeness (QED) is 0.651. The molecule has 2 aromatic rings. The SMILES string of the molecule is O=C(NC[C@H](O)CN1CCc2ccccc2C1)c1ccnc(CC2CCNCC2)c1. The normalized spacial score (nSPS) is 18.6. The second kappa shape index (κ2) is 10.2. The standard InChI is InChI=1S/C24H32N4O2/c29-23(17-28-12-8-19-3-1-2-4-21(19)16-28)15-27-24(30)20-7-11-26-22(14-20)13-18-5-9-25-10-6-18/h1-4,7,11,14,18,23,25,29H,5-6,8-10,12-13,15-17H2,(H,27,30)/t23-/m0/s1. The molecule has 1 aromatic heterocycles. The first-order valence-electron chi connectivity index (χ1n) is 11.1. The van der Waals surface area contributed by atoms with Gasteiger partial charge in [0.2, 0.25) is 0 Å². The Morgan fingerprint density at radius 3 is 2.87 bits per heavy atom. The summed E-state index contributed by atoms with van der Waals surface area (Å²) in [5.74, 6) is 0.487. The summed E-state index contributed by atoms with van der Waals surface area (Å²) in [6, 6.07) is 12.1. The van der Waals surface area contributed by atoms with Crippen molar-refractivity contribution >= 4 is 5.91 Å². The summed E-state index contributed by atoms with van der Waals surface area (Å²) in [4.78, 5) is 19.3. The molecular formula is C24H32N4O2. The van der Waals surface area contributed by atoms with Gasteiger partial charge in [-0.1, -0.05) is 24.3 Å². The molecule has 0 saturated carbocycles. The van der Waals surface area contributed by atoms with Crippen molar-refractivity contribution in [2.45, 2.75) is 38.3 Å². The molecule has 0 bridgehead atoms. The van der Waals surface area contributed by atoms with Crippen molar-refractivity contribution < 1.29 is 9.90 Å². The first kappa shape index (κ1) is 21.0. The monoisotopic (exact) mass is 408 g/mol. The predicted molar refractivity (Wildman–Crippen MR) is 117 cm³/mol. The number of aliphatic hydroxyl groups is 1. The van der Waals surface area contributed by atoms with Crippen molar-refractivity contribution in [3.63, 3.8) is 0 Å². The number of amides is 1. The van der Waals surface area contributed by atoms with Crippen LogP contribution in [0.2, 0.25) is 0 Å². The molecule has 0 unspecified atom stereocenters. The van der Waals surface area contributed by atoms with E-state index in [4.69, 9.17) is 0 Å². The van der Waals surface area contributed by atoms with E-state index in [0.29, 0.717) is 18.0 Å². The third-order valence-electron chi connectivity index (χ3n) is 6.21. The van der Waals surface area contributed by atoms with Gasteiger partial charge >= 0.3 is 0 Å². The van der Waals surface area contributed by atoms with E-state index < -0.39 is 6.10 Å². The molecule has 3 heterocycles. The van der Waals surface area contributed by atoms with Crippen LogP contribution in [0.4, 0.5) is 0 Å².